The molecule has 1 aromatic heterocycles. The monoisotopic (exact) mass is 145 g/mol. The van der Waals surface area contributed by atoms with Crippen LogP contribution in [0.1, 0.15) is 0 Å². The van der Waals surface area contributed by atoms with Gasteiger partial charge in [0.05, 0.1) is 5.39 Å². The summed E-state index contributed by atoms with van der Waals surface area (Å²) in [4.78, 5) is 0.502. The fourth-order valence-electron chi connectivity index (χ4n) is 0.962. The summed E-state index contributed by atoms with van der Waals surface area (Å²) in [6, 6.07) is 7.47. The molecule has 0 amide bonds. The van der Waals surface area contributed by atoms with E-state index in [1.807, 2.05) is 24.3 Å². The van der Waals surface area contributed by atoms with E-state index in [2.05, 4.69) is 11.3 Å². The second kappa shape index (κ2) is 2.20. The third-order valence-corrected chi connectivity index (χ3v) is 1.48. The van der Waals surface area contributed by atoms with Gasteiger partial charge >= 0.3 is 0 Å². The molecule has 0 spiro atoms. The third-order valence-electron chi connectivity index (χ3n) is 1.48. The highest BCUT2D eigenvalue weighted by molar-refractivity contribution is 5.79. The molecule has 53 valence electrons. The maximum Gasteiger partial charge on any atom is 0.217 e. The number of hydrogen-bond acceptors (Lipinski definition) is 2. The summed E-state index contributed by atoms with van der Waals surface area (Å²) in [6.07, 6.45) is 4.04. The van der Waals surface area contributed by atoms with Gasteiger partial charge in [-0.2, -0.15) is 0 Å². The van der Waals surface area contributed by atoms with Crippen LogP contribution in [0.3, 0.4) is 0 Å². The predicted molar refractivity (Wildman–Crippen MR) is 39.5 cm³/mol. The SMILES string of the molecule is [O-][n+]1cc2ccccc2[c]n1. The predicted octanol–water partition coefficient (Wildman–Crippen LogP) is 0.668. The lowest BCUT2D eigenvalue weighted by molar-refractivity contribution is -0.668. The Labute approximate surface area is 63.5 Å². The van der Waals surface area contributed by atoms with E-state index < -0.39 is 0 Å². The molecule has 0 aliphatic carbocycles. The molecular formula is C8H5N2O. The molecule has 0 saturated carbocycles. The standard InChI is InChI=1S/C8H5N2O/c11-10-6-8-4-2-1-3-7(8)5-9-10/h1-4,6H. The molecule has 0 unspecified atom stereocenters. The molecule has 0 atom stereocenters. The average Bonchev–Trinajstić information content (AvgIpc) is 2.04. The van der Waals surface area contributed by atoms with E-state index in [1.54, 1.807) is 0 Å². The van der Waals surface area contributed by atoms with Gasteiger partial charge in [-0.15, -0.1) is 0 Å². The molecule has 0 saturated heterocycles. The summed E-state index contributed by atoms with van der Waals surface area (Å²) >= 11 is 0. The van der Waals surface area contributed by atoms with E-state index in [9.17, 15) is 5.21 Å². The smallest absolute Gasteiger partial charge is 0.217 e. The molecule has 11 heavy (non-hydrogen) atoms. The van der Waals surface area contributed by atoms with Crippen LogP contribution in [0, 0.1) is 11.4 Å². The largest absolute Gasteiger partial charge is 0.594 e. The van der Waals surface area contributed by atoms with Crippen LogP contribution in [0.4, 0.5) is 0 Å². The fraction of sp³-hybridized carbons (Fsp3) is 0. The average molecular weight is 145 g/mol. The summed E-state index contributed by atoms with van der Waals surface area (Å²) < 4.78 is 0. The minimum Gasteiger partial charge on any atom is -0.594 e. The zero-order valence-corrected chi connectivity index (χ0v) is 5.69. The van der Waals surface area contributed by atoms with Crippen LogP contribution in [-0.2, 0) is 0 Å². The summed E-state index contributed by atoms with van der Waals surface area (Å²) in [7, 11) is 0. The molecule has 1 aromatic carbocycles. The van der Waals surface area contributed by atoms with E-state index in [0.717, 1.165) is 10.8 Å². The van der Waals surface area contributed by atoms with E-state index in [0.29, 0.717) is 4.85 Å². The number of benzene rings is 1. The van der Waals surface area contributed by atoms with E-state index >= 15 is 0 Å². The number of fused-ring (bicyclic) bond motifs is 1. The van der Waals surface area contributed by atoms with Crippen molar-refractivity contribution in [2.45, 2.75) is 0 Å². The van der Waals surface area contributed by atoms with E-state index in [1.165, 1.54) is 6.20 Å². The zero-order valence-electron chi connectivity index (χ0n) is 5.69. The summed E-state index contributed by atoms with van der Waals surface area (Å²) in [5, 5.41) is 15.8. The molecule has 0 N–H and O–H groups in total. The highest BCUT2D eigenvalue weighted by Crippen LogP contribution is 2.07. The van der Waals surface area contributed by atoms with Crippen LogP contribution in [0.15, 0.2) is 30.5 Å². The molecule has 3 nitrogen and oxygen atoms in total. The molecule has 0 fully saturated rings. The molecule has 0 aliphatic heterocycles. The van der Waals surface area contributed by atoms with Crippen LogP contribution < -0.4 is 4.85 Å². The molecular weight excluding hydrogens is 140 g/mol. The molecule has 1 radical (unpaired) electrons. The highest BCUT2D eigenvalue weighted by atomic mass is 16.5. The van der Waals surface area contributed by atoms with Crippen LogP contribution >= 0.6 is 0 Å². The minimum absolute atomic E-state index is 0.502. The Morgan fingerprint density at radius 2 is 2.18 bits per heavy atom. The molecule has 3 heteroatoms. The van der Waals surface area contributed by atoms with Crippen molar-refractivity contribution >= 4 is 10.8 Å². The Hall–Kier alpha value is -1.64. The Morgan fingerprint density at radius 3 is 3.09 bits per heavy atom. The maximum absolute atomic E-state index is 10.7. The van der Waals surface area contributed by atoms with Crippen LogP contribution in [-0.4, -0.2) is 5.10 Å². The first-order valence-corrected chi connectivity index (χ1v) is 3.23. The van der Waals surface area contributed by atoms with Crippen molar-refractivity contribution in [2.24, 2.45) is 0 Å². The van der Waals surface area contributed by atoms with Crippen LogP contribution in [0.25, 0.3) is 10.8 Å². The van der Waals surface area contributed by atoms with Gasteiger partial charge in [-0.3, -0.25) is 0 Å². The number of hydrogen-bond donors (Lipinski definition) is 0. The molecule has 0 bridgehead atoms. The van der Waals surface area contributed by atoms with Crippen molar-refractivity contribution in [1.82, 2.24) is 5.10 Å². The lowest BCUT2D eigenvalue weighted by Gasteiger charge is -1.93. The van der Waals surface area contributed by atoms with Crippen molar-refractivity contribution in [3.8, 4) is 0 Å². The van der Waals surface area contributed by atoms with Gasteiger partial charge in [0, 0.05) is 10.5 Å². The highest BCUT2D eigenvalue weighted by Gasteiger charge is 1.96. The molecule has 0 aliphatic rings. The molecule has 2 aromatic rings. The Kier molecular flexibility index (Phi) is 1.22. The molecule has 2 rings (SSSR count). The number of aromatic nitrogens is 2. The Balaban J connectivity index is 2.83. The van der Waals surface area contributed by atoms with Crippen molar-refractivity contribution in [2.75, 3.05) is 0 Å². The number of rotatable bonds is 0. The van der Waals surface area contributed by atoms with Crippen molar-refractivity contribution < 1.29 is 4.85 Å². The minimum atomic E-state index is 0.502. The second-order valence-electron chi connectivity index (χ2n) is 2.23. The first kappa shape index (κ1) is 6.09. The van der Waals surface area contributed by atoms with Crippen molar-refractivity contribution in [3.05, 3.63) is 41.9 Å². The normalized spacial score (nSPS) is 10.2. The van der Waals surface area contributed by atoms with Crippen LogP contribution in [0.5, 0.6) is 0 Å². The van der Waals surface area contributed by atoms with Crippen molar-refractivity contribution in [3.63, 3.8) is 0 Å². The van der Waals surface area contributed by atoms with Crippen molar-refractivity contribution in [1.29, 1.82) is 0 Å². The van der Waals surface area contributed by atoms with Gasteiger partial charge in [-0.05, 0) is 6.07 Å². The lowest BCUT2D eigenvalue weighted by Crippen LogP contribution is -2.29. The van der Waals surface area contributed by atoms with E-state index in [4.69, 9.17) is 0 Å². The second-order valence-corrected chi connectivity index (χ2v) is 2.23. The summed E-state index contributed by atoms with van der Waals surface area (Å²) in [6.45, 7) is 0. The topological polar surface area (TPSA) is 39.8 Å². The summed E-state index contributed by atoms with van der Waals surface area (Å²) in [5.41, 5.74) is 0. The van der Waals surface area contributed by atoms with Gasteiger partial charge in [-0.25, -0.2) is 0 Å². The van der Waals surface area contributed by atoms with Gasteiger partial charge < -0.3 is 5.21 Å². The van der Waals surface area contributed by atoms with Gasteiger partial charge in [0.2, 0.25) is 6.20 Å². The summed E-state index contributed by atoms with van der Waals surface area (Å²) in [5.74, 6) is 0. The van der Waals surface area contributed by atoms with Gasteiger partial charge in [-0.1, -0.05) is 23.0 Å². The first-order valence-electron chi connectivity index (χ1n) is 3.23. The maximum atomic E-state index is 10.7. The van der Waals surface area contributed by atoms with Gasteiger partial charge in [0.1, 0.15) is 0 Å². The van der Waals surface area contributed by atoms with Gasteiger partial charge in [0.25, 0.3) is 0 Å². The fourth-order valence-corrected chi connectivity index (χ4v) is 0.962. The van der Waals surface area contributed by atoms with E-state index in [-0.39, 0.29) is 0 Å². The Morgan fingerprint density at radius 1 is 1.36 bits per heavy atom. The third kappa shape index (κ3) is 1.00. The quantitative estimate of drug-likeness (QED) is 0.403. The lowest BCUT2D eigenvalue weighted by atomic mass is 10.2. The number of nitrogens with zero attached hydrogens (tertiary/aromatic N) is 2. The zero-order chi connectivity index (χ0) is 7.68. The van der Waals surface area contributed by atoms with Crippen LogP contribution in [0.2, 0.25) is 0 Å². The van der Waals surface area contributed by atoms with Gasteiger partial charge in [0.15, 0.2) is 6.20 Å². The first-order chi connectivity index (χ1) is 5.36. The Bertz CT molecular complexity index is 387. The molecule has 1 heterocycles.